The van der Waals surface area contributed by atoms with E-state index < -0.39 is 102 Å². The van der Waals surface area contributed by atoms with Crippen LogP contribution in [0.25, 0.3) is 0 Å². The monoisotopic (exact) mass is 715 g/mol. The van der Waals surface area contributed by atoms with Crippen molar-refractivity contribution < 1.29 is 43.5 Å². The first-order valence-corrected chi connectivity index (χ1v) is 17.2. The highest BCUT2D eigenvalue weighted by Gasteiger charge is 2.36. The van der Waals surface area contributed by atoms with Gasteiger partial charge in [0, 0.05) is 12.7 Å². The van der Waals surface area contributed by atoms with Gasteiger partial charge in [0.25, 0.3) is 0 Å². The van der Waals surface area contributed by atoms with Crippen LogP contribution in [0.4, 0.5) is 0 Å². The van der Waals surface area contributed by atoms with E-state index in [0.29, 0.717) is 12.8 Å². The molecule has 0 radical (unpaired) electrons. The predicted molar refractivity (Wildman–Crippen MR) is 186 cm³/mol. The largest absolute Gasteiger partial charge is 0.481 e. The molecule has 0 aliphatic heterocycles. The van der Waals surface area contributed by atoms with Gasteiger partial charge in [0.2, 0.25) is 41.4 Å². The standard InChI is InChI=1S/C32H57N7O9S/c1-10-17(7)25(34-19(9)40)32(48)38-24(16(5)6)30(46)39-26(18(8)11-2)31(47)36-20(12-15(3)4)28(44)35-21(13-23(41)42)29(45)37-22(14-49)27(33)43/h15-18,20-22,24-26,49H,10-14H2,1-9H3,(H2,33,43)(H,34,40)(H,35,44)(H,36,47)(H,37,45)(H,38,48)(H,39,46)(H,41,42). The molecule has 8 unspecified atom stereocenters. The number of aliphatic carboxylic acids is 1. The maximum atomic E-state index is 13.7. The lowest BCUT2D eigenvalue weighted by molar-refractivity contribution is -0.141. The fourth-order valence-corrected chi connectivity index (χ4v) is 5.01. The molecule has 0 saturated carbocycles. The van der Waals surface area contributed by atoms with Crippen LogP contribution in [0.15, 0.2) is 0 Å². The Balaban J connectivity index is 6.21. The Labute approximate surface area is 294 Å². The van der Waals surface area contributed by atoms with Crippen molar-refractivity contribution >= 4 is 59.9 Å². The number of carbonyl (C=O) groups is 8. The lowest BCUT2D eigenvalue weighted by Gasteiger charge is -2.31. The first-order valence-electron chi connectivity index (χ1n) is 16.6. The Morgan fingerprint density at radius 3 is 1.43 bits per heavy atom. The van der Waals surface area contributed by atoms with Crippen molar-refractivity contribution in [1.29, 1.82) is 0 Å². The van der Waals surface area contributed by atoms with Gasteiger partial charge in [-0.2, -0.15) is 12.6 Å². The van der Waals surface area contributed by atoms with Crippen molar-refractivity contribution in [2.75, 3.05) is 5.75 Å². The van der Waals surface area contributed by atoms with E-state index >= 15 is 0 Å². The van der Waals surface area contributed by atoms with Gasteiger partial charge in [0.05, 0.1) is 6.42 Å². The number of primary amides is 1. The molecule has 0 spiro atoms. The third kappa shape index (κ3) is 15.9. The van der Waals surface area contributed by atoms with Gasteiger partial charge in [-0.3, -0.25) is 38.4 Å². The van der Waals surface area contributed by atoms with Crippen LogP contribution in [0.3, 0.4) is 0 Å². The van der Waals surface area contributed by atoms with E-state index in [-0.39, 0.29) is 24.0 Å². The molecular formula is C32H57N7O9S. The summed E-state index contributed by atoms with van der Waals surface area (Å²) in [6, 6.07) is -7.18. The maximum absolute atomic E-state index is 13.7. The average molecular weight is 716 g/mol. The highest BCUT2D eigenvalue weighted by atomic mass is 32.1. The lowest BCUT2D eigenvalue weighted by Crippen LogP contribution is -2.62. The quantitative estimate of drug-likeness (QED) is 0.0660. The Morgan fingerprint density at radius 2 is 1.02 bits per heavy atom. The molecule has 0 bridgehead atoms. The zero-order chi connectivity index (χ0) is 38.2. The summed E-state index contributed by atoms with van der Waals surface area (Å²) in [7, 11) is 0. The first kappa shape index (κ1) is 45.1. The van der Waals surface area contributed by atoms with E-state index in [1.165, 1.54) is 6.92 Å². The number of hydrogen-bond acceptors (Lipinski definition) is 9. The summed E-state index contributed by atoms with van der Waals surface area (Å²) in [5.41, 5.74) is 5.24. The topological polar surface area (TPSA) is 255 Å². The fourth-order valence-electron chi connectivity index (χ4n) is 4.74. The van der Waals surface area contributed by atoms with Crippen molar-refractivity contribution in [3.63, 3.8) is 0 Å². The molecule has 280 valence electrons. The van der Waals surface area contributed by atoms with E-state index in [1.54, 1.807) is 48.5 Å². The van der Waals surface area contributed by atoms with E-state index in [9.17, 15) is 43.5 Å². The van der Waals surface area contributed by atoms with Gasteiger partial charge in [-0.05, 0) is 30.1 Å². The van der Waals surface area contributed by atoms with E-state index in [1.807, 2.05) is 6.92 Å². The van der Waals surface area contributed by atoms with Crippen molar-refractivity contribution in [3.05, 3.63) is 0 Å². The number of carboxylic acid groups (broad SMARTS) is 1. The molecule has 0 saturated heterocycles. The minimum absolute atomic E-state index is 0.0888. The molecule has 0 rings (SSSR count). The molecule has 16 nitrogen and oxygen atoms in total. The lowest BCUT2D eigenvalue weighted by atomic mass is 9.94. The Bertz CT molecular complexity index is 1180. The van der Waals surface area contributed by atoms with E-state index in [0.717, 1.165) is 0 Å². The predicted octanol–water partition coefficient (Wildman–Crippen LogP) is -0.401. The number of carboxylic acids is 1. The highest BCUT2D eigenvalue weighted by Crippen LogP contribution is 2.14. The summed E-state index contributed by atoms with van der Waals surface area (Å²) in [5.74, 6) is -7.85. The Kier molecular flexibility index (Phi) is 20.2. The number of thiol groups is 1. The number of amides is 7. The number of nitrogens with two attached hydrogens (primary N) is 1. The second-order valence-corrected chi connectivity index (χ2v) is 13.5. The van der Waals surface area contributed by atoms with Gasteiger partial charge in [0.15, 0.2) is 0 Å². The average Bonchev–Trinajstić information content (AvgIpc) is 3.00. The summed E-state index contributed by atoms with van der Waals surface area (Å²) in [4.78, 5) is 102. The van der Waals surface area contributed by atoms with Crippen LogP contribution >= 0.6 is 12.6 Å². The third-order valence-electron chi connectivity index (χ3n) is 8.09. The highest BCUT2D eigenvalue weighted by molar-refractivity contribution is 7.80. The summed E-state index contributed by atoms with van der Waals surface area (Å²) >= 11 is 3.95. The SMILES string of the molecule is CCC(C)C(NC(C)=O)C(=O)NC(C(=O)NC(C(=O)NC(CC(C)C)C(=O)NC(CC(=O)O)C(=O)NC(CS)C(N)=O)C(C)CC)C(C)C. The van der Waals surface area contributed by atoms with Crippen LogP contribution in [0.1, 0.15) is 88.0 Å². The number of hydrogen-bond donors (Lipinski definition) is 9. The van der Waals surface area contributed by atoms with Crippen molar-refractivity contribution in [2.24, 2.45) is 29.4 Å². The molecular weight excluding hydrogens is 658 g/mol. The molecule has 0 aromatic carbocycles. The van der Waals surface area contributed by atoms with Crippen molar-refractivity contribution in [3.8, 4) is 0 Å². The molecule has 17 heteroatoms. The summed E-state index contributed by atoms with van der Waals surface area (Å²) < 4.78 is 0. The van der Waals surface area contributed by atoms with Gasteiger partial charge in [0.1, 0.15) is 36.3 Å². The molecule has 9 N–H and O–H groups in total. The molecule has 7 amide bonds. The number of carbonyl (C=O) groups excluding carboxylic acids is 7. The van der Waals surface area contributed by atoms with E-state index in [2.05, 4.69) is 44.5 Å². The Morgan fingerprint density at radius 1 is 0.612 bits per heavy atom. The van der Waals surface area contributed by atoms with Crippen molar-refractivity contribution in [2.45, 2.75) is 124 Å². The van der Waals surface area contributed by atoms with Gasteiger partial charge < -0.3 is 42.7 Å². The van der Waals surface area contributed by atoms with Crippen LogP contribution in [0, 0.1) is 23.7 Å². The van der Waals surface area contributed by atoms with Crippen LogP contribution in [-0.2, 0) is 38.4 Å². The second kappa shape index (κ2) is 22.0. The molecule has 0 aromatic heterocycles. The van der Waals surface area contributed by atoms with Crippen LogP contribution in [0.2, 0.25) is 0 Å². The maximum Gasteiger partial charge on any atom is 0.305 e. The van der Waals surface area contributed by atoms with Gasteiger partial charge in [-0.15, -0.1) is 0 Å². The molecule has 49 heavy (non-hydrogen) atoms. The van der Waals surface area contributed by atoms with Gasteiger partial charge in [-0.25, -0.2) is 0 Å². The zero-order valence-corrected chi connectivity index (χ0v) is 30.9. The molecule has 0 fully saturated rings. The van der Waals surface area contributed by atoms with Gasteiger partial charge in [-0.1, -0.05) is 68.2 Å². The Hall–Kier alpha value is -3.89. The summed E-state index contributed by atoms with van der Waals surface area (Å²) in [5, 5.41) is 24.7. The molecule has 0 aliphatic rings. The van der Waals surface area contributed by atoms with E-state index in [4.69, 9.17) is 5.73 Å². The molecule has 0 aliphatic carbocycles. The fraction of sp³-hybridized carbons (Fsp3) is 0.750. The van der Waals surface area contributed by atoms with Crippen LogP contribution in [0.5, 0.6) is 0 Å². The summed E-state index contributed by atoms with van der Waals surface area (Å²) in [6.07, 6.45) is 0.296. The van der Waals surface area contributed by atoms with Crippen LogP contribution in [-0.4, -0.2) is 94.4 Å². The third-order valence-corrected chi connectivity index (χ3v) is 8.45. The second-order valence-electron chi connectivity index (χ2n) is 13.2. The van der Waals surface area contributed by atoms with Gasteiger partial charge >= 0.3 is 5.97 Å². The normalized spacial score (nSPS) is 16.1. The number of nitrogens with one attached hydrogen (secondary N) is 6. The first-order chi connectivity index (χ1) is 22.7. The van der Waals surface area contributed by atoms with Crippen molar-refractivity contribution in [1.82, 2.24) is 31.9 Å². The smallest absolute Gasteiger partial charge is 0.305 e. The summed E-state index contributed by atoms with van der Waals surface area (Å²) in [6.45, 7) is 15.5. The molecule has 8 atom stereocenters. The minimum atomic E-state index is -1.62. The molecule has 0 aromatic rings. The van der Waals surface area contributed by atoms with Crippen LogP contribution < -0.4 is 37.6 Å². The molecule has 0 heterocycles. The minimum Gasteiger partial charge on any atom is -0.481 e. The number of rotatable bonds is 22. The zero-order valence-electron chi connectivity index (χ0n) is 30.0.